The molecule has 2 aliphatic heterocycles. The highest BCUT2D eigenvalue weighted by atomic mass is 32.2. The number of carbonyl (C=O) groups is 4. The maximum absolute atomic E-state index is 13.1. The lowest BCUT2D eigenvalue weighted by Crippen LogP contribution is -2.41. The van der Waals surface area contributed by atoms with Gasteiger partial charge in [0.1, 0.15) is 11.8 Å². The molecule has 0 radical (unpaired) electrons. The van der Waals surface area contributed by atoms with Crippen molar-refractivity contribution in [2.75, 3.05) is 5.32 Å². The highest BCUT2D eigenvalue weighted by Gasteiger charge is 2.58. The van der Waals surface area contributed by atoms with E-state index in [-0.39, 0.29) is 11.4 Å². The molecule has 1 fully saturated rings. The van der Waals surface area contributed by atoms with E-state index >= 15 is 0 Å². The van der Waals surface area contributed by atoms with E-state index in [2.05, 4.69) is 5.32 Å². The van der Waals surface area contributed by atoms with Crippen LogP contribution >= 0.6 is 34.4 Å². The number of anilines is 1. The number of nitrogens with one attached hydrogen (secondary N) is 1. The molecule has 1 aromatic carbocycles. The summed E-state index contributed by atoms with van der Waals surface area (Å²) in [4.78, 5) is 65.0. The summed E-state index contributed by atoms with van der Waals surface area (Å²) < 4.78 is 1.33. The Morgan fingerprint density at radius 1 is 1.09 bits per heavy atom. The van der Waals surface area contributed by atoms with Gasteiger partial charge < -0.3 is 11.1 Å². The molecule has 3 atom stereocenters. The summed E-state index contributed by atoms with van der Waals surface area (Å²) in [5, 5.41) is 4.16. The van der Waals surface area contributed by atoms with E-state index in [0.29, 0.717) is 20.5 Å². The van der Waals surface area contributed by atoms with E-state index in [1.165, 1.54) is 15.9 Å². The van der Waals surface area contributed by atoms with Crippen LogP contribution in [0.4, 0.5) is 10.5 Å². The average Bonchev–Trinajstić information content (AvgIpc) is 3.48. The predicted molar refractivity (Wildman–Crippen MR) is 129 cm³/mol. The molecule has 5 amide bonds. The lowest BCUT2D eigenvalue weighted by molar-refractivity contribution is -0.135. The van der Waals surface area contributed by atoms with Crippen molar-refractivity contribution in [2.45, 2.75) is 29.7 Å². The monoisotopic (exact) mass is 514 g/mol. The van der Waals surface area contributed by atoms with E-state index in [0.717, 1.165) is 33.5 Å². The number of amides is 5. The second kappa shape index (κ2) is 8.53. The van der Waals surface area contributed by atoms with Crippen molar-refractivity contribution in [2.24, 2.45) is 11.7 Å². The SMILES string of the molecule is Cc1ccc(NC(=O)Cn2c3c(sc2=O)[C@@H](c2cccs2)[C@H]2C(=O)N(C(N)=O)C(=O)[C@H]2S3)cc1. The molecule has 12 heteroatoms. The molecule has 2 aliphatic rings. The number of aryl methyl sites for hydroxylation is 1. The molecule has 0 unspecified atom stereocenters. The first-order valence-electron chi connectivity index (χ1n) is 10.2. The van der Waals surface area contributed by atoms with Crippen molar-refractivity contribution < 1.29 is 19.2 Å². The van der Waals surface area contributed by atoms with Gasteiger partial charge in [0.2, 0.25) is 11.8 Å². The first kappa shape index (κ1) is 22.6. The smallest absolute Gasteiger partial charge is 0.328 e. The van der Waals surface area contributed by atoms with E-state index in [1.54, 1.807) is 12.1 Å². The summed E-state index contributed by atoms with van der Waals surface area (Å²) in [5.74, 6) is -3.20. The third-order valence-corrected chi connectivity index (χ3v) is 9.32. The van der Waals surface area contributed by atoms with E-state index in [4.69, 9.17) is 5.73 Å². The minimum absolute atomic E-state index is 0.248. The predicted octanol–water partition coefficient (Wildman–Crippen LogP) is 2.59. The number of aromatic nitrogens is 1. The third-order valence-electron chi connectivity index (χ3n) is 5.76. The van der Waals surface area contributed by atoms with Crippen LogP contribution in [0.2, 0.25) is 0 Å². The Bertz CT molecular complexity index is 1380. The lowest BCUT2D eigenvalue weighted by Gasteiger charge is -2.29. The van der Waals surface area contributed by atoms with Crippen LogP contribution in [-0.4, -0.2) is 38.5 Å². The van der Waals surface area contributed by atoms with Crippen LogP contribution in [0.1, 0.15) is 21.2 Å². The quantitative estimate of drug-likeness (QED) is 0.515. The molecule has 34 heavy (non-hydrogen) atoms. The van der Waals surface area contributed by atoms with Crippen LogP contribution in [0, 0.1) is 12.8 Å². The fourth-order valence-electron chi connectivity index (χ4n) is 4.23. The van der Waals surface area contributed by atoms with Gasteiger partial charge in [-0.15, -0.1) is 11.3 Å². The Hall–Kier alpha value is -3.22. The maximum atomic E-state index is 13.1. The van der Waals surface area contributed by atoms with Gasteiger partial charge in [0.15, 0.2) is 0 Å². The van der Waals surface area contributed by atoms with Crippen molar-refractivity contribution in [1.29, 1.82) is 0 Å². The molecule has 3 aromatic rings. The number of nitrogens with zero attached hydrogens (tertiary/aromatic N) is 2. The molecule has 9 nitrogen and oxygen atoms in total. The van der Waals surface area contributed by atoms with E-state index in [9.17, 15) is 24.0 Å². The van der Waals surface area contributed by atoms with Gasteiger partial charge >= 0.3 is 10.9 Å². The molecule has 174 valence electrons. The molecule has 0 aliphatic carbocycles. The number of urea groups is 1. The number of imide groups is 3. The fraction of sp³-hybridized carbons (Fsp3) is 0.227. The van der Waals surface area contributed by atoms with Crippen molar-refractivity contribution in [3.8, 4) is 0 Å². The van der Waals surface area contributed by atoms with Gasteiger partial charge in [0.05, 0.1) is 10.9 Å². The minimum atomic E-state index is -1.12. The van der Waals surface area contributed by atoms with Crippen LogP contribution in [0.25, 0.3) is 0 Å². The van der Waals surface area contributed by atoms with Crippen LogP contribution < -0.4 is 15.9 Å². The Morgan fingerprint density at radius 2 is 1.82 bits per heavy atom. The zero-order chi connectivity index (χ0) is 24.1. The molecule has 3 N–H and O–H groups in total. The number of hydrogen-bond acceptors (Lipinski definition) is 8. The van der Waals surface area contributed by atoms with Gasteiger partial charge in [0, 0.05) is 21.4 Å². The largest absolute Gasteiger partial charge is 0.351 e. The Balaban J connectivity index is 1.53. The summed E-state index contributed by atoms with van der Waals surface area (Å²) in [6, 6.07) is 9.80. The van der Waals surface area contributed by atoms with Gasteiger partial charge in [-0.2, -0.15) is 4.90 Å². The third kappa shape index (κ3) is 3.67. The van der Waals surface area contributed by atoms with Crippen molar-refractivity contribution in [1.82, 2.24) is 9.47 Å². The summed E-state index contributed by atoms with van der Waals surface area (Å²) in [6.45, 7) is 1.69. The van der Waals surface area contributed by atoms with Crippen LogP contribution in [0.5, 0.6) is 0 Å². The number of benzene rings is 1. The second-order valence-electron chi connectivity index (χ2n) is 7.95. The zero-order valence-corrected chi connectivity index (χ0v) is 20.2. The average molecular weight is 515 g/mol. The molecule has 2 aromatic heterocycles. The summed E-state index contributed by atoms with van der Waals surface area (Å²) in [7, 11) is 0. The topological polar surface area (TPSA) is 132 Å². The normalized spacial score (nSPS) is 21.3. The van der Waals surface area contributed by atoms with Crippen molar-refractivity contribution in [3.63, 3.8) is 0 Å². The number of rotatable bonds is 4. The number of hydrogen-bond donors (Lipinski definition) is 2. The summed E-state index contributed by atoms with van der Waals surface area (Å²) >= 11 is 3.38. The Labute approximate surface area is 205 Å². The number of thioether (sulfide) groups is 1. The first-order valence-corrected chi connectivity index (χ1v) is 12.8. The minimum Gasteiger partial charge on any atom is -0.351 e. The number of thiophene rings is 1. The van der Waals surface area contributed by atoms with E-state index in [1.807, 2.05) is 36.6 Å². The number of likely N-dealkylation sites (tertiary alicyclic amines) is 1. The molecule has 1 saturated heterocycles. The van der Waals surface area contributed by atoms with Crippen molar-refractivity contribution >= 4 is 63.9 Å². The zero-order valence-electron chi connectivity index (χ0n) is 17.7. The number of primary amides is 1. The van der Waals surface area contributed by atoms with Gasteiger partial charge in [-0.05, 0) is 30.5 Å². The highest BCUT2D eigenvalue weighted by Crippen LogP contribution is 2.53. The van der Waals surface area contributed by atoms with E-state index < -0.39 is 40.8 Å². The Morgan fingerprint density at radius 3 is 2.47 bits per heavy atom. The molecular formula is C22H18N4O5S3. The number of thiazole rings is 1. The molecular weight excluding hydrogens is 496 g/mol. The molecule has 5 rings (SSSR count). The standard InChI is InChI=1S/C22H18N4O5S3/c1-10-4-6-11(7-5-10)24-13(27)9-25-20-17(34-22(25)31)14(12-3-2-8-32-12)15-16(33-20)19(29)26(18(15)28)21(23)30/h2-8,14-16H,9H2,1H3,(H2,23,30)(H,24,27)/t14-,15+,16-/m0/s1. The number of fused-ring (bicyclic) bond motifs is 2. The molecule has 4 heterocycles. The van der Waals surface area contributed by atoms with Crippen LogP contribution in [0.3, 0.4) is 0 Å². The summed E-state index contributed by atoms with van der Waals surface area (Å²) in [5.41, 5.74) is 6.96. The van der Waals surface area contributed by atoms with Crippen LogP contribution in [0.15, 0.2) is 51.6 Å². The van der Waals surface area contributed by atoms with Gasteiger partial charge in [-0.25, -0.2) is 4.79 Å². The van der Waals surface area contributed by atoms with Gasteiger partial charge in [0.25, 0.3) is 5.91 Å². The van der Waals surface area contributed by atoms with Crippen LogP contribution in [-0.2, 0) is 20.9 Å². The fourth-order valence-corrected chi connectivity index (χ4v) is 7.95. The lowest BCUT2D eigenvalue weighted by atomic mass is 9.87. The molecule has 0 bridgehead atoms. The van der Waals surface area contributed by atoms with Crippen molar-refractivity contribution in [3.05, 3.63) is 66.8 Å². The second-order valence-corrected chi connectivity index (χ2v) is 11.0. The molecule has 0 spiro atoms. The summed E-state index contributed by atoms with van der Waals surface area (Å²) in [6.07, 6.45) is 0. The number of carbonyl (C=O) groups excluding carboxylic acids is 4. The number of nitrogens with two attached hydrogens (primary N) is 1. The Kier molecular flexibility index (Phi) is 5.66. The first-order chi connectivity index (χ1) is 16.3. The molecule has 0 saturated carbocycles. The van der Waals surface area contributed by atoms with Gasteiger partial charge in [-0.1, -0.05) is 46.9 Å². The van der Waals surface area contributed by atoms with Gasteiger partial charge in [-0.3, -0.25) is 23.7 Å². The highest BCUT2D eigenvalue weighted by molar-refractivity contribution is 8.00. The maximum Gasteiger partial charge on any atom is 0.328 e.